The van der Waals surface area contributed by atoms with Gasteiger partial charge in [-0.3, -0.25) is 4.79 Å². The van der Waals surface area contributed by atoms with Crippen LogP contribution in [0.2, 0.25) is 10.0 Å². The van der Waals surface area contributed by atoms with Crippen molar-refractivity contribution in [3.8, 4) is 11.5 Å². The van der Waals surface area contributed by atoms with E-state index in [0.29, 0.717) is 43.8 Å². The van der Waals surface area contributed by atoms with Crippen LogP contribution in [0.25, 0.3) is 0 Å². The minimum absolute atomic E-state index is 0.308. The van der Waals surface area contributed by atoms with Gasteiger partial charge in [0, 0.05) is 9.50 Å². The van der Waals surface area contributed by atoms with E-state index in [4.69, 9.17) is 32.7 Å². The summed E-state index contributed by atoms with van der Waals surface area (Å²) in [5.41, 5.74) is 4.55. The van der Waals surface area contributed by atoms with Crippen LogP contribution in [0.1, 0.15) is 21.5 Å². The molecule has 3 rings (SSSR count). The molecule has 0 saturated carbocycles. The summed E-state index contributed by atoms with van der Waals surface area (Å²) < 4.78 is 11.9. The molecule has 0 atom stereocenters. The Kier molecular flexibility index (Phi) is 7.74. The summed E-state index contributed by atoms with van der Waals surface area (Å²) in [6, 6.07) is 17.8. The molecule has 0 radical (unpaired) electrons. The number of hydrogen-bond donors (Lipinski definition) is 1. The van der Waals surface area contributed by atoms with Crippen LogP contribution < -0.4 is 14.9 Å². The lowest BCUT2D eigenvalue weighted by molar-refractivity contribution is 0.0954. The molecule has 0 spiro atoms. The highest BCUT2D eigenvalue weighted by Gasteiger charge is 2.12. The summed E-state index contributed by atoms with van der Waals surface area (Å²) in [6.07, 6.45) is 1.48. The number of ether oxygens (including phenoxy) is 2. The third kappa shape index (κ3) is 5.75. The molecule has 0 aliphatic carbocycles. The molecule has 5 nitrogen and oxygen atoms in total. The third-order valence-corrected chi connectivity index (χ3v) is 5.27. The average molecular weight is 508 g/mol. The highest BCUT2D eigenvalue weighted by molar-refractivity contribution is 9.10. The van der Waals surface area contributed by atoms with Gasteiger partial charge in [0.1, 0.15) is 6.61 Å². The Morgan fingerprint density at radius 1 is 1.13 bits per heavy atom. The number of hydrazone groups is 1. The number of amides is 1. The molecule has 0 aliphatic rings. The van der Waals surface area contributed by atoms with E-state index in [1.54, 1.807) is 42.5 Å². The Labute approximate surface area is 192 Å². The Hall–Kier alpha value is -2.54. The zero-order valence-electron chi connectivity index (χ0n) is 15.9. The molecule has 1 N–H and O–H groups in total. The van der Waals surface area contributed by atoms with Gasteiger partial charge in [-0.2, -0.15) is 5.10 Å². The second kappa shape index (κ2) is 10.5. The second-order valence-corrected chi connectivity index (χ2v) is 7.83. The van der Waals surface area contributed by atoms with E-state index >= 15 is 0 Å². The van der Waals surface area contributed by atoms with Crippen LogP contribution in [-0.2, 0) is 6.61 Å². The van der Waals surface area contributed by atoms with E-state index in [1.807, 2.05) is 18.2 Å². The number of nitrogens with one attached hydrogen (secondary N) is 1. The smallest absolute Gasteiger partial charge is 0.272 e. The lowest BCUT2D eigenvalue weighted by Crippen LogP contribution is -2.18. The molecule has 1 amide bonds. The highest BCUT2D eigenvalue weighted by atomic mass is 79.9. The van der Waals surface area contributed by atoms with Crippen LogP contribution in [0.3, 0.4) is 0 Å². The third-order valence-electron chi connectivity index (χ3n) is 4.05. The number of rotatable bonds is 7. The van der Waals surface area contributed by atoms with Crippen molar-refractivity contribution in [1.82, 2.24) is 5.43 Å². The molecule has 0 fully saturated rings. The van der Waals surface area contributed by atoms with E-state index in [9.17, 15) is 4.79 Å². The summed E-state index contributed by atoms with van der Waals surface area (Å²) in [4.78, 5) is 12.2. The van der Waals surface area contributed by atoms with Crippen molar-refractivity contribution in [2.24, 2.45) is 5.10 Å². The monoisotopic (exact) mass is 506 g/mol. The quantitative estimate of drug-likeness (QED) is 0.310. The largest absolute Gasteiger partial charge is 0.493 e. The zero-order valence-corrected chi connectivity index (χ0v) is 19.0. The van der Waals surface area contributed by atoms with Gasteiger partial charge in [0.2, 0.25) is 0 Å². The van der Waals surface area contributed by atoms with E-state index in [1.165, 1.54) is 13.3 Å². The van der Waals surface area contributed by atoms with Gasteiger partial charge in [-0.1, -0.05) is 47.5 Å². The Balaban J connectivity index is 1.70. The number of benzene rings is 3. The maximum absolute atomic E-state index is 12.2. The number of carbonyl (C=O) groups is 1. The summed E-state index contributed by atoms with van der Waals surface area (Å²) >= 11 is 15.6. The van der Waals surface area contributed by atoms with Gasteiger partial charge in [0.05, 0.1) is 23.9 Å². The van der Waals surface area contributed by atoms with Gasteiger partial charge in [0.25, 0.3) is 5.91 Å². The first-order valence-electron chi connectivity index (χ1n) is 8.80. The molecule has 3 aromatic carbocycles. The topological polar surface area (TPSA) is 59.9 Å². The molecule has 154 valence electrons. The first-order valence-corrected chi connectivity index (χ1v) is 10.4. The van der Waals surface area contributed by atoms with Gasteiger partial charge in [-0.15, -0.1) is 0 Å². The molecule has 0 saturated heterocycles. The van der Waals surface area contributed by atoms with Gasteiger partial charge < -0.3 is 9.47 Å². The second-order valence-electron chi connectivity index (χ2n) is 6.13. The molecule has 0 aliphatic heterocycles. The summed E-state index contributed by atoms with van der Waals surface area (Å²) in [5, 5.41) is 5.01. The van der Waals surface area contributed by atoms with Crippen LogP contribution in [-0.4, -0.2) is 19.2 Å². The van der Waals surface area contributed by atoms with Crippen molar-refractivity contribution in [2.75, 3.05) is 7.11 Å². The van der Waals surface area contributed by atoms with Gasteiger partial charge in [-0.05, 0) is 63.5 Å². The fourth-order valence-electron chi connectivity index (χ4n) is 2.56. The van der Waals surface area contributed by atoms with Crippen LogP contribution in [0.5, 0.6) is 11.5 Å². The first-order chi connectivity index (χ1) is 14.5. The minimum atomic E-state index is -0.334. The molecular weight excluding hydrogens is 491 g/mol. The molecule has 0 heterocycles. The van der Waals surface area contributed by atoms with Crippen molar-refractivity contribution in [2.45, 2.75) is 6.61 Å². The van der Waals surface area contributed by atoms with Crippen molar-refractivity contribution < 1.29 is 14.3 Å². The van der Waals surface area contributed by atoms with Crippen molar-refractivity contribution in [3.63, 3.8) is 0 Å². The van der Waals surface area contributed by atoms with Crippen LogP contribution in [0.4, 0.5) is 0 Å². The summed E-state index contributed by atoms with van der Waals surface area (Å²) in [6.45, 7) is 0.308. The Bertz CT molecular complexity index is 1070. The number of carbonyl (C=O) groups excluding carboxylic acids is 1. The fraction of sp³-hybridized carbons (Fsp3) is 0.0909. The van der Waals surface area contributed by atoms with Gasteiger partial charge in [0.15, 0.2) is 11.5 Å². The molecule has 30 heavy (non-hydrogen) atoms. The van der Waals surface area contributed by atoms with Crippen molar-refractivity contribution >= 4 is 51.3 Å². The first kappa shape index (κ1) is 22.2. The number of hydrogen-bond acceptors (Lipinski definition) is 4. The molecule has 3 aromatic rings. The summed E-state index contributed by atoms with van der Waals surface area (Å²) in [7, 11) is 1.52. The predicted octanol–water partition coefficient (Wildman–Crippen LogP) is 6.11. The SMILES string of the molecule is COc1cc(/C=N\NC(=O)c2ccccc2Br)cc(Cl)c1OCc1ccc(Cl)cc1. The van der Waals surface area contributed by atoms with E-state index in [-0.39, 0.29) is 5.91 Å². The maximum atomic E-state index is 12.2. The standard InChI is InChI=1S/C22H17BrCl2N2O3/c1-29-20-11-15(12-26-27-22(28)17-4-2-3-5-18(17)23)10-19(25)21(20)30-13-14-6-8-16(24)9-7-14/h2-12H,13H2,1H3,(H,27,28)/b26-12-. The summed E-state index contributed by atoms with van der Waals surface area (Å²) in [5.74, 6) is 0.540. The van der Waals surface area contributed by atoms with Crippen LogP contribution in [0.15, 0.2) is 70.2 Å². The number of methoxy groups -OCH3 is 1. The molecule has 8 heteroatoms. The molecule has 0 aromatic heterocycles. The molecule has 0 unspecified atom stereocenters. The van der Waals surface area contributed by atoms with Gasteiger partial charge >= 0.3 is 0 Å². The maximum Gasteiger partial charge on any atom is 0.272 e. The van der Waals surface area contributed by atoms with E-state index in [0.717, 1.165) is 5.56 Å². The van der Waals surface area contributed by atoms with Gasteiger partial charge in [-0.25, -0.2) is 5.43 Å². The lowest BCUT2D eigenvalue weighted by Gasteiger charge is -2.13. The molecule has 0 bridgehead atoms. The van der Waals surface area contributed by atoms with Crippen molar-refractivity contribution in [3.05, 3.63) is 91.9 Å². The van der Waals surface area contributed by atoms with Crippen molar-refractivity contribution in [1.29, 1.82) is 0 Å². The highest BCUT2D eigenvalue weighted by Crippen LogP contribution is 2.36. The van der Waals surface area contributed by atoms with Crippen LogP contribution >= 0.6 is 39.1 Å². The normalized spacial score (nSPS) is 10.8. The number of halogens is 3. The number of nitrogens with zero attached hydrogens (tertiary/aromatic N) is 1. The molecular formula is C22H17BrCl2N2O3. The Morgan fingerprint density at radius 3 is 2.57 bits per heavy atom. The van der Waals surface area contributed by atoms with E-state index < -0.39 is 0 Å². The fourth-order valence-corrected chi connectivity index (χ4v) is 3.43. The zero-order chi connectivity index (χ0) is 21.5. The predicted molar refractivity (Wildman–Crippen MR) is 123 cm³/mol. The minimum Gasteiger partial charge on any atom is -0.493 e. The Morgan fingerprint density at radius 2 is 1.87 bits per heavy atom. The average Bonchev–Trinajstić information content (AvgIpc) is 2.74. The lowest BCUT2D eigenvalue weighted by atomic mass is 10.2. The van der Waals surface area contributed by atoms with E-state index in [2.05, 4.69) is 26.5 Å². The van der Waals surface area contributed by atoms with Crippen LogP contribution in [0, 0.1) is 0 Å².